The molecule has 15 heavy (non-hydrogen) atoms. The van der Waals surface area contributed by atoms with E-state index in [1.54, 1.807) is 7.11 Å². The van der Waals surface area contributed by atoms with Crippen LogP contribution in [0.4, 0.5) is 0 Å². The highest BCUT2D eigenvalue weighted by atomic mass is 16.5. The van der Waals surface area contributed by atoms with Crippen molar-refractivity contribution >= 4 is 5.57 Å². The van der Waals surface area contributed by atoms with E-state index in [-0.39, 0.29) is 5.41 Å². The number of hydrogen-bond donors (Lipinski definition) is 0. The van der Waals surface area contributed by atoms with Crippen LogP contribution in [0.15, 0.2) is 30.8 Å². The molecule has 0 unspecified atom stereocenters. The second-order valence-electron chi connectivity index (χ2n) is 5.07. The molecule has 0 fully saturated rings. The number of rotatable bonds is 3. The average Bonchev–Trinajstić information content (AvgIpc) is 2.15. The molecule has 1 aromatic carbocycles. The van der Waals surface area contributed by atoms with Gasteiger partial charge in [0.25, 0.3) is 0 Å². The van der Waals surface area contributed by atoms with E-state index in [0.29, 0.717) is 0 Å². The molecule has 0 spiro atoms. The van der Waals surface area contributed by atoms with Crippen LogP contribution in [-0.2, 0) is 0 Å². The summed E-state index contributed by atoms with van der Waals surface area (Å²) < 4.78 is 5.12. The van der Waals surface area contributed by atoms with E-state index < -0.39 is 0 Å². The molecule has 1 heteroatoms. The Labute approximate surface area is 92.8 Å². The fourth-order valence-corrected chi connectivity index (χ4v) is 1.57. The predicted octanol–water partition coefficient (Wildman–Crippen LogP) is 4.14. The standard InChI is InChI=1S/C14H20O/c1-11(10-14(2,3)4)12-6-8-13(15-5)9-7-12/h6-9H,1,10H2,2-5H3. The highest BCUT2D eigenvalue weighted by molar-refractivity contribution is 5.64. The Morgan fingerprint density at radius 3 is 2.13 bits per heavy atom. The zero-order chi connectivity index (χ0) is 11.5. The summed E-state index contributed by atoms with van der Waals surface area (Å²) >= 11 is 0. The summed E-state index contributed by atoms with van der Waals surface area (Å²) in [5, 5.41) is 0. The van der Waals surface area contributed by atoms with Crippen molar-refractivity contribution in [2.45, 2.75) is 27.2 Å². The molecule has 0 aliphatic heterocycles. The summed E-state index contributed by atoms with van der Waals surface area (Å²) in [5.41, 5.74) is 2.67. The van der Waals surface area contributed by atoms with Gasteiger partial charge in [0.15, 0.2) is 0 Å². The first kappa shape index (κ1) is 11.8. The number of hydrogen-bond acceptors (Lipinski definition) is 1. The van der Waals surface area contributed by atoms with Gasteiger partial charge in [-0.25, -0.2) is 0 Å². The summed E-state index contributed by atoms with van der Waals surface area (Å²) in [6.45, 7) is 10.8. The lowest BCUT2D eigenvalue weighted by molar-refractivity contribution is 0.414. The average molecular weight is 204 g/mol. The van der Waals surface area contributed by atoms with Crippen molar-refractivity contribution in [2.24, 2.45) is 5.41 Å². The van der Waals surface area contributed by atoms with E-state index in [9.17, 15) is 0 Å². The van der Waals surface area contributed by atoms with Crippen molar-refractivity contribution in [2.75, 3.05) is 7.11 Å². The Balaban J connectivity index is 2.75. The molecule has 1 nitrogen and oxygen atoms in total. The summed E-state index contributed by atoms with van der Waals surface area (Å²) in [4.78, 5) is 0. The molecule has 0 aromatic heterocycles. The van der Waals surface area contributed by atoms with Crippen molar-refractivity contribution in [3.05, 3.63) is 36.4 Å². The topological polar surface area (TPSA) is 9.23 Å². The van der Waals surface area contributed by atoms with Gasteiger partial charge >= 0.3 is 0 Å². The van der Waals surface area contributed by atoms with Crippen molar-refractivity contribution in [3.8, 4) is 5.75 Å². The molecular weight excluding hydrogens is 184 g/mol. The third-order valence-electron chi connectivity index (χ3n) is 2.24. The van der Waals surface area contributed by atoms with Crippen molar-refractivity contribution in [1.82, 2.24) is 0 Å². The molecule has 0 radical (unpaired) electrons. The van der Waals surface area contributed by atoms with Crippen LogP contribution >= 0.6 is 0 Å². The van der Waals surface area contributed by atoms with Gasteiger partial charge in [0.2, 0.25) is 0 Å². The van der Waals surface area contributed by atoms with Crippen molar-refractivity contribution in [3.63, 3.8) is 0 Å². The Morgan fingerprint density at radius 2 is 1.73 bits per heavy atom. The maximum absolute atomic E-state index is 5.12. The van der Waals surface area contributed by atoms with Crippen LogP contribution < -0.4 is 4.74 Å². The van der Waals surface area contributed by atoms with E-state index in [0.717, 1.165) is 12.2 Å². The molecule has 0 aliphatic rings. The van der Waals surface area contributed by atoms with Gasteiger partial charge in [-0.05, 0) is 35.1 Å². The second kappa shape index (κ2) is 4.52. The summed E-state index contributed by atoms with van der Waals surface area (Å²) in [6.07, 6.45) is 1.01. The molecule has 1 aromatic rings. The third-order valence-corrected chi connectivity index (χ3v) is 2.24. The van der Waals surface area contributed by atoms with Gasteiger partial charge in [0.05, 0.1) is 7.11 Å². The first-order valence-corrected chi connectivity index (χ1v) is 5.24. The van der Waals surface area contributed by atoms with Crippen LogP contribution in [0.3, 0.4) is 0 Å². The smallest absolute Gasteiger partial charge is 0.118 e. The molecule has 0 saturated carbocycles. The third kappa shape index (κ3) is 3.78. The second-order valence-corrected chi connectivity index (χ2v) is 5.07. The molecule has 0 aliphatic carbocycles. The number of methoxy groups -OCH3 is 1. The van der Waals surface area contributed by atoms with Gasteiger partial charge in [-0.1, -0.05) is 39.5 Å². The fourth-order valence-electron chi connectivity index (χ4n) is 1.57. The minimum absolute atomic E-state index is 0.289. The maximum Gasteiger partial charge on any atom is 0.118 e. The quantitative estimate of drug-likeness (QED) is 0.719. The van der Waals surface area contributed by atoms with Crippen molar-refractivity contribution in [1.29, 1.82) is 0 Å². The highest BCUT2D eigenvalue weighted by Crippen LogP contribution is 2.29. The molecular formula is C14H20O. The fraction of sp³-hybridized carbons (Fsp3) is 0.429. The Bertz CT molecular complexity index is 327. The maximum atomic E-state index is 5.12. The molecule has 0 N–H and O–H groups in total. The molecule has 0 amide bonds. The van der Waals surface area contributed by atoms with Crippen LogP contribution in [0.25, 0.3) is 5.57 Å². The van der Waals surface area contributed by atoms with Gasteiger partial charge in [-0.3, -0.25) is 0 Å². The first-order chi connectivity index (χ1) is 6.92. The SMILES string of the molecule is C=C(CC(C)(C)C)c1ccc(OC)cc1. The predicted molar refractivity (Wildman–Crippen MR) is 66.1 cm³/mol. The number of ether oxygens (including phenoxy) is 1. The lowest BCUT2D eigenvalue weighted by Crippen LogP contribution is -2.05. The molecule has 0 bridgehead atoms. The lowest BCUT2D eigenvalue weighted by atomic mass is 9.86. The Hall–Kier alpha value is -1.24. The van der Waals surface area contributed by atoms with Crippen LogP contribution in [0.2, 0.25) is 0 Å². The van der Waals surface area contributed by atoms with Crippen LogP contribution in [0.1, 0.15) is 32.8 Å². The van der Waals surface area contributed by atoms with Gasteiger partial charge in [0.1, 0.15) is 5.75 Å². The highest BCUT2D eigenvalue weighted by Gasteiger charge is 2.12. The van der Waals surface area contributed by atoms with Crippen molar-refractivity contribution < 1.29 is 4.74 Å². The largest absolute Gasteiger partial charge is 0.497 e. The minimum atomic E-state index is 0.289. The lowest BCUT2D eigenvalue weighted by Gasteiger charge is -2.19. The van der Waals surface area contributed by atoms with E-state index in [1.807, 2.05) is 12.1 Å². The summed E-state index contributed by atoms with van der Waals surface area (Å²) in [7, 11) is 1.68. The van der Waals surface area contributed by atoms with Crippen LogP contribution in [0.5, 0.6) is 5.75 Å². The van der Waals surface area contributed by atoms with Gasteiger partial charge in [-0.2, -0.15) is 0 Å². The van der Waals surface area contributed by atoms with Crippen LogP contribution in [-0.4, -0.2) is 7.11 Å². The number of allylic oxidation sites excluding steroid dienone is 1. The van der Waals surface area contributed by atoms with E-state index >= 15 is 0 Å². The first-order valence-electron chi connectivity index (χ1n) is 5.24. The van der Waals surface area contributed by atoms with E-state index in [4.69, 9.17) is 4.74 Å². The molecule has 82 valence electrons. The molecule has 1 rings (SSSR count). The molecule has 0 heterocycles. The monoisotopic (exact) mass is 204 g/mol. The van der Waals surface area contributed by atoms with Gasteiger partial charge < -0.3 is 4.74 Å². The number of benzene rings is 1. The normalized spacial score (nSPS) is 11.2. The van der Waals surface area contributed by atoms with E-state index in [2.05, 4.69) is 39.5 Å². The zero-order valence-corrected chi connectivity index (χ0v) is 10.1. The zero-order valence-electron chi connectivity index (χ0n) is 10.1. The Kier molecular flexibility index (Phi) is 3.57. The molecule has 0 saturated heterocycles. The van der Waals surface area contributed by atoms with Gasteiger partial charge in [0, 0.05) is 0 Å². The minimum Gasteiger partial charge on any atom is -0.497 e. The van der Waals surface area contributed by atoms with E-state index in [1.165, 1.54) is 11.1 Å². The van der Waals surface area contributed by atoms with Gasteiger partial charge in [-0.15, -0.1) is 0 Å². The van der Waals surface area contributed by atoms with Crippen LogP contribution in [0, 0.1) is 5.41 Å². The molecule has 0 atom stereocenters. The summed E-state index contributed by atoms with van der Waals surface area (Å²) in [6, 6.07) is 8.08. The summed E-state index contributed by atoms with van der Waals surface area (Å²) in [5.74, 6) is 0.891. The Morgan fingerprint density at radius 1 is 1.20 bits per heavy atom.